The van der Waals surface area contributed by atoms with Crippen molar-refractivity contribution in [2.24, 2.45) is 5.92 Å². The zero-order valence-corrected chi connectivity index (χ0v) is 17.6. The van der Waals surface area contributed by atoms with Gasteiger partial charge in [-0.25, -0.2) is 8.42 Å². The van der Waals surface area contributed by atoms with E-state index in [4.69, 9.17) is 0 Å². The summed E-state index contributed by atoms with van der Waals surface area (Å²) in [6.07, 6.45) is 8.53. The average molecular weight is 406 g/mol. The first kappa shape index (κ1) is 24.6. The second-order valence-electron chi connectivity index (χ2n) is 7.41. The molecule has 5 nitrogen and oxygen atoms in total. The van der Waals surface area contributed by atoms with E-state index in [1.54, 1.807) is 28.6 Å². The first-order valence-corrected chi connectivity index (χ1v) is 11.2. The first-order valence-electron chi connectivity index (χ1n) is 9.75. The molecule has 1 saturated carbocycles. The quantitative estimate of drug-likeness (QED) is 0.810. The van der Waals surface area contributed by atoms with Crippen molar-refractivity contribution in [3.63, 3.8) is 0 Å². The van der Waals surface area contributed by atoms with Gasteiger partial charge < -0.3 is 5.32 Å². The van der Waals surface area contributed by atoms with Crippen LogP contribution in [0, 0.1) is 26.7 Å². The summed E-state index contributed by atoms with van der Waals surface area (Å²) >= 11 is 0. The standard InChI is InChI=1S/C20H29N2O3S.2CH2/c23-20(18-9-5-2-1-3-6-10-18)21-15-17-13-14-22(16-17)26(24,25)19-11-7-4-8-12-19;;/h4,7-8,11-12,17H,1-3,5-6,9-10,13-16H2,(H,21,23);2*1H2. The van der Waals surface area contributed by atoms with Crippen LogP contribution in [-0.2, 0) is 14.8 Å². The Morgan fingerprint density at radius 3 is 2.25 bits per heavy atom. The van der Waals surface area contributed by atoms with Gasteiger partial charge in [0.2, 0.25) is 15.9 Å². The summed E-state index contributed by atoms with van der Waals surface area (Å²) < 4.78 is 26.9. The van der Waals surface area contributed by atoms with Gasteiger partial charge in [-0.15, -0.1) is 0 Å². The third kappa shape index (κ3) is 6.31. The van der Waals surface area contributed by atoms with Crippen molar-refractivity contribution in [3.05, 3.63) is 51.1 Å². The molecule has 0 bridgehead atoms. The second-order valence-corrected chi connectivity index (χ2v) is 9.35. The first-order chi connectivity index (χ1) is 12.6. The van der Waals surface area contributed by atoms with E-state index < -0.39 is 10.0 Å². The topological polar surface area (TPSA) is 66.5 Å². The van der Waals surface area contributed by atoms with E-state index in [0.717, 1.165) is 38.0 Å². The van der Waals surface area contributed by atoms with Gasteiger partial charge in [0.15, 0.2) is 0 Å². The highest BCUT2D eigenvalue weighted by Gasteiger charge is 2.32. The van der Waals surface area contributed by atoms with Crippen molar-refractivity contribution in [3.8, 4) is 0 Å². The molecule has 6 heteroatoms. The van der Waals surface area contributed by atoms with Crippen molar-refractivity contribution >= 4 is 15.9 Å². The minimum atomic E-state index is -3.42. The number of hydrogen-bond acceptors (Lipinski definition) is 3. The number of sulfonamides is 1. The lowest BCUT2D eigenvalue weighted by molar-refractivity contribution is -0.120. The van der Waals surface area contributed by atoms with Crippen LogP contribution in [0.4, 0.5) is 0 Å². The van der Waals surface area contributed by atoms with E-state index in [0.29, 0.717) is 24.5 Å². The average Bonchev–Trinajstić information content (AvgIpc) is 3.10. The smallest absolute Gasteiger partial charge is 0.243 e. The Kier molecular flexibility index (Phi) is 10.2. The molecule has 1 atom stereocenters. The van der Waals surface area contributed by atoms with E-state index >= 15 is 0 Å². The van der Waals surface area contributed by atoms with Gasteiger partial charge in [0.1, 0.15) is 0 Å². The van der Waals surface area contributed by atoms with Crippen LogP contribution >= 0.6 is 0 Å². The Balaban J connectivity index is 0.00000196. The lowest BCUT2D eigenvalue weighted by Gasteiger charge is -2.20. The highest BCUT2D eigenvalue weighted by molar-refractivity contribution is 7.89. The lowest BCUT2D eigenvalue weighted by Crippen LogP contribution is -2.35. The highest BCUT2D eigenvalue weighted by Crippen LogP contribution is 2.26. The van der Waals surface area contributed by atoms with Crippen LogP contribution in [0.25, 0.3) is 0 Å². The Hall–Kier alpha value is -1.40. The third-order valence-corrected chi connectivity index (χ3v) is 7.34. The molecule has 2 aliphatic rings. The molecule has 1 aliphatic carbocycles. The molecule has 1 aromatic rings. The molecule has 1 aliphatic heterocycles. The number of benzene rings is 1. The molecule has 28 heavy (non-hydrogen) atoms. The number of rotatable bonds is 5. The Bertz CT molecular complexity index is 683. The maximum Gasteiger partial charge on any atom is 0.243 e. The van der Waals surface area contributed by atoms with Crippen LogP contribution in [0.3, 0.4) is 0 Å². The van der Waals surface area contributed by atoms with E-state index in [9.17, 15) is 13.2 Å². The number of amides is 1. The van der Waals surface area contributed by atoms with Crippen LogP contribution in [0.1, 0.15) is 51.4 Å². The van der Waals surface area contributed by atoms with Crippen molar-refractivity contribution < 1.29 is 13.2 Å². The third-order valence-electron chi connectivity index (χ3n) is 5.46. The van der Waals surface area contributed by atoms with Gasteiger partial charge in [0, 0.05) is 19.6 Å². The van der Waals surface area contributed by atoms with Crippen molar-refractivity contribution in [2.45, 2.75) is 56.3 Å². The van der Waals surface area contributed by atoms with Crippen molar-refractivity contribution in [1.82, 2.24) is 9.62 Å². The molecule has 0 aromatic heterocycles. The molecule has 2 fully saturated rings. The zero-order chi connectivity index (χ0) is 18.4. The van der Waals surface area contributed by atoms with Gasteiger partial charge in [-0.05, 0) is 37.3 Å². The van der Waals surface area contributed by atoms with Crippen LogP contribution < -0.4 is 5.32 Å². The molecular weight excluding hydrogens is 372 g/mol. The fourth-order valence-corrected chi connectivity index (χ4v) is 5.40. The van der Waals surface area contributed by atoms with Crippen molar-refractivity contribution in [2.75, 3.05) is 19.6 Å². The zero-order valence-electron chi connectivity index (χ0n) is 16.7. The molecular formula is C22H33N2O3S. The van der Waals surface area contributed by atoms with E-state index in [1.165, 1.54) is 19.3 Å². The van der Waals surface area contributed by atoms with Crippen LogP contribution in [0.15, 0.2) is 35.2 Å². The molecule has 1 saturated heterocycles. The van der Waals surface area contributed by atoms with Crippen molar-refractivity contribution in [1.29, 1.82) is 0 Å². The predicted octanol–water partition coefficient (Wildman–Crippen LogP) is 3.79. The summed E-state index contributed by atoms with van der Waals surface area (Å²) in [6, 6.07) is 8.57. The summed E-state index contributed by atoms with van der Waals surface area (Å²) in [5, 5.41) is 3.06. The fourth-order valence-electron chi connectivity index (χ4n) is 3.84. The summed E-state index contributed by atoms with van der Waals surface area (Å²) in [6.45, 7) is 1.56. The molecule has 1 heterocycles. The summed E-state index contributed by atoms with van der Waals surface area (Å²) in [5.41, 5.74) is 0. The van der Waals surface area contributed by atoms with Crippen LogP contribution in [0.2, 0.25) is 0 Å². The van der Waals surface area contributed by atoms with Crippen LogP contribution in [-0.4, -0.2) is 38.3 Å². The van der Waals surface area contributed by atoms with Gasteiger partial charge in [-0.1, -0.05) is 65.2 Å². The summed E-state index contributed by atoms with van der Waals surface area (Å²) in [4.78, 5) is 12.8. The molecule has 5 radical (unpaired) electrons. The number of carbonyl (C=O) groups is 1. The number of nitrogens with zero attached hydrogens (tertiary/aromatic N) is 1. The maximum atomic E-state index is 12.7. The molecule has 0 spiro atoms. The number of carbonyl (C=O) groups excluding carboxylic acids is 1. The molecule has 1 unspecified atom stereocenters. The number of nitrogens with one attached hydrogen (secondary N) is 1. The van der Waals surface area contributed by atoms with Gasteiger partial charge >= 0.3 is 0 Å². The van der Waals surface area contributed by atoms with Gasteiger partial charge in [-0.3, -0.25) is 4.79 Å². The van der Waals surface area contributed by atoms with Gasteiger partial charge in [-0.2, -0.15) is 4.31 Å². The Morgan fingerprint density at radius 1 is 1.00 bits per heavy atom. The minimum absolute atomic E-state index is 0. The van der Waals surface area contributed by atoms with Gasteiger partial charge in [0.25, 0.3) is 0 Å². The molecule has 1 amide bonds. The molecule has 1 aromatic carbocycles. The SMILES string of the molecule is O=C(NCC1CCN(S(=O)(=O)c2ccccc2)C1)[C]1CCCCCCC1.[CH2].[CH2]. The molecule has 3 rings (SSSR count). The summed E-state index contributed by atoms with van der Waals surface area (Å²) in [7, 11) is -3.42. The maximum absolute atomic E-state index is 12.7. The second kappa shape index (κ2) is 11.6. The monoisotopic (exact) mass is 405 g/mol. The van der Waals surface area contributed by atoms with E-state index in [1.807, 2.05) is 6.07 Å². The Morgan fingerprint density at radius 2 is 1.61 bits per heavy atom. The predicted molar refractivity (Wildman–Crippen MR) is 113 cm³/mol. The minimum Gasteiger partial charge on any atom is -0.355 e. The fraction of sp³-hybridized carbons (Fsp3) is 0.545. The lowest BCUT2D eigenvalue weighted by atomic mass is 9.90. The molecule has 1 N–H and O–H groups in total. The Labute approximate surface area is 172 Å². The molecule has 155 valence electrons. The van der Waals surface area contributed by atoms with E-state index in [-0.39, 0.29) is 26.7 Å². The van der Waals surface area contributed by atoms with E-state index in [2.05, 4.69) is 5.32 Å². The van der Waals surface area contributed by atoms with Gasteiger partial charge in [0.05, 0.1) is 10.8 Å². The van der Waals surface area contributed by atoms with Crippen LogP contribution in [0.5, 0.6) is 0 Å². The normalized spacial score (nSPS) is 21.6. The largest absolute Gasteiger partial charge is 0.355 e. The summed E-state index contributed by atoms with van der Waals surface area (Å²) in [5.74, 6) is 1.29. The highest BCUT2D eigenvalue weighted by atomic mass is 32.2. The number of hydrogen-bond donors (Lipinski definition) is 1.